The number of nitrogens with one attached hydrogen (secondary N) is 6. The van der Waals surface area contributed by atoms with Crippen molar-refractivity contribution < 1.29 is 173 Å². The summed E-state index contributed by atoms with van der Waals surface area (Å²) in [4.78, 5) is 192. The van der Waals surface area contributed by atoms with Crippen LogP contribution >= 0.6 is 0 Å². The first-order valence-corrected chi connectivity index (χ1v) is 48.8. The highest BCUT2D eigenvalue weighted by atomic mass is 16.7. The molecule has 1 saturated heterocycles. The van der Waals surface area contributed by atoms with Crippen molar-refractivity contribution in [1.29, 1.82) is 0 Å². The molecule has 10 unspecified atom stereocenters. The van der Waals surface area contributed by atoms with Crippen molar-refractivity contribution in [3.05, 3.63) is 88.0 Å². The Bertz CT molecular complexity index is 4520. The van der Waals surface area contributed by atoms with E-state index in [2.05, 4.69) is 31.9 Å². The number of carbonyl (C=O) groups excluding carboxylic acids is 15. The van der Waals surface area contributed by atoms with Crippen molar-refractivity contribution in [3.63, 3.8) is 0 Å². The number of unbranched alkanes of at least 4 members (excludes halogenated alkanes) is 2. The number of hydrogen-bond donors (Lipinski definition) is 12. The number of rotatable bonds is 71. The summed E-state index contributed by atoms with van der Waals surface area (Å²) in [6.45, 7) is 10.9. The van der Waals surface area contributed by atoms with Gasteiger partial charge in [0.25, 0.3) is 23.6 Å². The monoisotopic (exact) mass is 2020 g/mol. The van der Waals surface area contributed by atoms with Crippen LogP contribution in [0, 0.1) is 5.41 Å². The summed E-state index contributed by atoms with van der Waals surface area (Å²) in [6, 6.07) is 1.85. The molecule has 0 bridgehead atoms. The number of allylic oxidation sites excluding steroid dienone is 1. The summed E-state index contributed by atoms with van der Waals surface area (Å²) in [5.41, 5.74) is 0.334. The third kappa shape index (κ3) is 40.8. The fraction of sp³-hybridized carbons (Fsp3) is 0.663. The third-order valence-corrected chi connectivity index (χ3v) is 24.2. The number of alkyl carbamates (subject to hydrolysis) is 1. The highest BCUT2D eigenvalue weighted by Crippen LogP contribution is 2.53. The maximum atomic E-state index is 14.1. The molecule has 3 heterocycles. The molecule has 6 aliphatic rings. The topological polar surface area (TPSA) is 610 Å². The van der Waals surface area contributed by atoms with E-state index >= 15 is 0 Å². The number of benzene rings is 2. The zero-order valence-corrected chi connectivity index (χ0v) is 82.5. The van der Waals surface area contributed by atoms with Crippen LogP contribution in [-0.4, -0.2) is 384 Å². The number of ketones is 5. The molecule has 798 valence electrons. The largest absolute Gasteiger partial charge is 0.507 e. The van der Waals surface area contributed by atoms with Crippen LogP contribution in [0.3, 0.4) is 0 Å². The van der Waals surface area contributed by atoms with Gasteiger partial charge in [-0.3, -0.25) is 76.9 Å². The number of amides is 10. The highest BCUT2D eigenvalue weighted by Gasteiger charge is 2.51. The Kier molecular flexibility index (Phi) is 55.1. The van der Waals surface area contributed by atoms with E-state index in [-0.39, 0.29) is 173 Å². The number of hydrogen-bond acceptors (Lipinski definition) is 37. The summed E-state index contributed by atoms with van der Waals surface area (Å²) in [7, 11) is 4.45. The minimum Gasteiger partial charge on any atom is -0.507 e. The number of phenolic OH excluding ortho intramolecular Hbond substituents is 2. The standard InChI is InChI=1S/C68H93N5O25.C30H52N4O11/c1-41-60(81)46(37-55(96-41)98-49-39-68(88,50(76)40-74)38-44-57(49)64(85)59-58(62(44)83)61(82)43-12-9-15-48(90-4)56(43)63(59)84)72-66(87)97-42-11-5-7-21-67(2,22-18-42)65(86)70-23-8-6-13-45(47(75)14-10-26-91-30-29-89-3)71-52(78)20-27-92-31-33-94-35-36-95-34-32-93-28-24-69-51(77)19-25-73-53(79)16-17-54(73)80;1-40-17-18-41-14-4-6-26(35)25(5-2-3-11-31)33-28(37)10-15-42-19-21-44-23-24-45-22-20-43-16-12-32-27(36)9-13-34-29(38)7-8-30(34)39/h5,9,11-12,15-17,41-42,45-46,49,55,60,74,81,83,85,88H,6-8,10,13-14,18-40H2,1-4H3,(H,69,77)(H,70,86)(H,71,78)(H,72,87);7-8,25H,2-6,9-24,31H2,1H3,(H,32,36)(H,33,37)/b11-5+;. The zero-order chi connectivity index (χ0) is 104. The molecule has 0 saturated carbocycles. The predicted molar refractivity (Wildman–Crippen MR) is 507 cm³/mol. The summed E-state index contributed by atoms with van der Waals surface area (Å²) < 4.78 is 88.2. The Labute approximate surface area is 831 Å². The Morgan fingerprint density at radius 2 is 1.01 bits per heavy atom. The number of aliphatic hydroxyl groups is 3. The summed E-state index contributed by atoms with van der Waals surface area (Å²) in [5, 5.41) is 73.4. The molecule has 0 spiro atoms. The lowest BCUT2D eigenvalue weighted by Gasteiger charge is -2.42. The van der Waals surface area contributed by atoms with Crippen molar-refractivity contribution in [1.82, 2.24) is 41.7 Å². The van der Waals surface area contributed by atoms with E-state index in [1.165, 1.54) is 56.5 Å². The maximum Gasteiger partial charge on any atom is 0.408 e. The van der Waals surface area contributed by atoms with E-state index in [1.54, 1.807) is 20.3 Å². The third-order valence-electron chi connectivity index (χ3n) is 24.2. The fourth-order valence-electron chi connectivity index (χ4n) is 16.2. The van der Waals surface area contributed by atoms with Crippen LogP contribution in [0.15, 0.2) is 54.7 Å². The van der Waals surface area contributed by atoms with E-state index in [0.29, 0.717) is 190 Å². The lowest BCUT2D eigenvalue weighted by Crippen LogP contribution is -2.56. The van der Waals surface area contributed by atoms with Crippen LogP contribution in [0.25, 0.3) is 0 Å². The smallest absolute Gasteiger partial charge is 0.408 e. The van der Waals surface area contributed by atoms with E-state index in [4.69, 9.17) is 81.5 Å². The average molecular weight is 2030 g/mol. The molecule has 45 heteroatoms. The molecule has 3 aliphatic carbocycles. The summed E-state index contributed by atoms with van der Waals surface area (Å²) >= 11 is 0. The van der Waals surface area contributed by atoms with Crippen molar-refractivity contribution in [3.8, 4) is 17.2 Å². The number of aliphatic hydroxyl groups excluding tert-OH is 2. The van der Waals surface area contributed by atoms with Crippen LogP contribution in [0.5, 0.6) is 17.2 Å². The van der Waals surface area contributed by atoms with E-state index in [1.807, 2.05) is 13.0 Å². The van der Waals surface area contributed by atoms with Gasteiger partial charge in [-0.05, 0) is 103 Å². The van der Waals surface area contributed by atoms with Crippen LogP contribution < -0.4 is 42.4 Å². The molecule has 3 aliphatic heterocycles. The number of nitrogens with zero attached hydrogens (tertiary/aromatic N) is 2. The second-order valence-corrected chi connectivity index (χ2v) is 34.8. The van der Waals surface area contributed by atoms with E-state index in [9.17, 15) is 97.5 Å². The van der Waals surface area contributed by atoms with Gasteiger partial charge in [0, 0.05) is 164 Å². The minimum absolute atomic E-state index is 0.00226. The first kappa shape index (κ1) is 120. The molecule has 1 fully saturated rings. The lowest BCUT2D eigenvalue weighted by molar-refractivity contribution is -0.249. The predicted octanol–water partition coefficient (Wildman–Crippen LogP) is 1.45. The normalized spacial score (nSPS) is 20.2. The Morgan fingerprint density at radius 3 is 1.50 bits per heavy atom. The number of methoxy groups -OCH3 is 3. The van der Waals surface area contributed by atoms with Crippen molar-refractivity contribution >= 4 is 88.2 Å². The highest BCUT2D eigenvalue weighted by molar-refractivity contribution is 6.31. The SMILES string of the molecule is COCCOCCCC(=O)C(CCCCN)NC(=O)CCOCCOCCOCCOCCNC(=O)CCN1C(=O)C=CC1=O.COCCOCCCC(=O)C(CCCCNC(=O)C1(C)CC/C=C/C(OC(=O)NC2CC(OC3CC(O)(C(=O)CO)Cc4c(O)c5c(c(O)c43)C(=O)c3c(OC)cccc3C5=O)OC(C)C2O)CC1)NC(=O)CCOCCOCCOCCOCCNC(=O)CCN1C(=O)C=CC1=O. The number of phenols is 2. The summed E-state index contributed by atoms with van der Waals surface area (Å²) in [5.74, 6) is -7.55. The molecule has 45 nitrogen and oxygen atoms in total. The van der Waals surface area contributed by atoms with Gasteiger partial charge in [-0.15, -0.1) is 0 Å². The molecule has 2 aromatic carbocycles. The number of fused-ring (bicyclic) bond motifs is 3. The number of carbonyl (C=O) groups is 15. The van der Waals surface area contributed by atoms with Crippen molar-refractivity contribution in [2.45, 2.75) is 203 Å². The first-order chi connectivity index (χ1) is 68.9. The van der Waals surface area contributed by atoms with Crippen LogP contribution in [0.1, 0.15) is 191 Å². The van der Waals surface area contributed by atoms with Gasteiger partial charge in [0.05, 0.1) is 186 Å². The van der Waals surface area contributed by atoms with Gasteiger partial charge >= 0.3 is 6.09 Å². The number of nitrogens with two attached hydrogens (primary N) is 1. The van der Waals surface area contributed by atoms with Gasteiger partial charge in [0.1, 0.15) is 41.7 Å². The first-order valence-electron chi connectivity index (χ1n) is 48.8. The molecule has 10 atom stereocenters. The van der Waals surface area contributed by atoms with Crippen molar-refractivity contribution in [2.75, 3.05) is 213 Å². The molecule has 0 radical (unpaired) electrons. The number of imide groups is 2. The molecule has 13 N–H and O–H groups in total. The van der Waals surface area contributed by atoms with E-state index in [0.717, 1.165) is 22.6 Å². The number of Topliss-reactive ketones (excluding diaryl/α,β-unsaturated/α-hetero) is 3. The second-order valence-electron chi connectivity index (χ2n) is 34.8. The van der Waals surface area contributed by atoms with Crippen LogP contribution in [-0.2, 0) is 135 Å². The molecular formula is C98H145N9O36. The molecular weight excluding hydrogens is 1880 g/mol. The van der Waals surface area contributed by atoms with Crippen LogP contribution in [0.2, 0.25) is 0 Å². The molecule has 8 rings (SSSR count). The van der Waals surface area contributed by atoms with Crippen molar-refractivity contribution in [2.24, 2.45) is 11.1 Å². The molecule has 10 amide bonds. The van der Waals surface area contributed by atoms with Gasteiger partial charge in [-0.1, -0.05) is 25.1 Å². The zero-order valence-electron chi connectivity index (χ0n) is 82.5. The summed E-state index contributed by atoms with van der Waals surface area (Å²) in [6.07, 6.45) is 6.34. The van der Waals surface area contributed by atoms with Gasteiger partial charge < -0.3 is 139 Å². The Hall–Kier alpha value is -10.4. The Morgan fingerprint density at radius 1 is 0.538 bits per heavy atom. The number of aromatic hydroxyl groups is 2. The minimum atomic E-state index is -2.41. The molecule has 2 aromatic rings. The molecule has 0 aromatic heterocycles. The van der Waals surface area contributed by atoms with Gasteiger partial charge in [0.15, 0.2) is 29.4 Å². The van der Waals surface area contributed by atoms with Gasteiger partial charge in [-0.25, -0.2) is 4.79 Å². The van der Waals surface area contributed by atoms with Gasteiger partial charge in [0.2, 0.25) is 35.3 Å². The maximum absolute atomic E-state index is 14.1. The number of ether oxygens (including phenoxy) is 16. The van der Waals surface area contributed by atoms with Gasteiger partial charge in [-0.2, -0.15) is 0 Å². The fourth-order valence-corrected chi connectivity index (χ4v) is 16.2. The molecule has 143 heavy (non-hydrogen) atoms. The quantitative estimate of drug-likeness (QED) is 0.0165. The van der Waals surface area contributed by atoms with Crippen LogP contribution in [0.4, 0.5) is 4.79 Å². The Balaban J connectivity index is 0.000000516. The average Bonchev–Trinajstić information content (AvgIpc) is 1.18. The second kappa shape index (κ2) is 65.9. The van der Waals surface area contributed by atoms with E-state index < -0.39 is 149 Å². The lowest BCUT2D eigenvalue weighted by atomic mass is 9.72.